The van der Waals surface area contributed by atoms with Gasteiger partial charge in [0.1, 0.15) is 6.61 Å². The lowest BCUT2D eigenvalue weighted by atomic mass is 10.2. The van der Waals surface area contributed by atoms with Crippen LogP contribution in [-0.2, 0) is 14.3 Å². The summed E-state index contributed by atoms with van der Waals surface area (Å²) in [7, 11) is 3.48. The lowest BCUT2D eigenvalue weighted by Gasteiger charge is -1.98. The van der Waals surface area contributed by atoms with E-state index >= 15 is 0 Å². The Morgan fingerprint density at radius 2 is 2.12 bits per heavy atom. The van der Waals surface area contributed by atoms with Crippen molar-refractivity contribution in [3.63, 3.8) is 0 Å². The Labute approximate surface area is 96.6 Å². The van der Waals surface area contributed by atoms with Crippen LogP contribution in [0.1, 0.15) is 5.56 Å². The fourth-order valence-electron chi connectivity index (χ4n) is 0.980. The second kappa shape index (κ2) is 9.98. The summed E-state index contributed by atoms with van der Waals surface area (Å²) in [6.45, 7) is 3.30. The first-order valence-electron chi connectivity index (χ1n) is 5.03. The fourth-order valence-corrected chi connectivity index (χ4v) is 0.980. The molecule has 1 rings (SSSR count). The van der Waals surface area contributed by atoms with Crippen LogP contribution in [0.25, 0.3) is 0 Å². The monoisotopic (exact) mass is 225 g/mol. The van der Waals surface area contributed by atoms with Crippen LogP contribution in [0.15, 0.2) is 24.3 Å². The van der Waals surface area contributed by atoms with Crippen LogP contribution in [0, 0.1) is 6.92 Å². The van der Waals surface area contributed by atoms with Crippen molar-refractivity contribution in [2.75, 3.05) is 32.7 Å². The minimum atomic E-state index is 0.347. The van der Waals surface area contributed by atoms with Crippen LogP contribution in [0.2, 0.25) is 0 Å². The lowest BCUT2D eigenvalue weighted by molar-refractivity contribution is -0.129. The van der Waals surface area contributed by atoms with E-state index in [0.29, 0.717) is 19.7 Å². The standard InChI is InChI=1S/C8H11N.C4H8O3/c1-7-4-3-5-8(6-7)9-2;1-6-2-3-7-4-5/h3-6,9H,1-2H3;4H,2-3H2,1H3. The normalized spacial score (nSPS) is 8.69. The Morgan fingerprint density at radius 1 is 1.38 bits per heavy atom. The number of methoxy groups -OCH3 is 1. The van der Waals surface area contributed by atoms with E-state index in [1.807, 2.05) is 19.2 Å². The average Bonchev–Trinajstić information content (AvgIpc) is 2.31. The minimum absolute atomic E-state index is 0.347. The number of carbonyl (C=O) groups excluding carboxylic acids is 1. The lowest BCUT2D eigenvalue weighted by Crippen LogP contribution is -1.98. The third-order valence-electron chi connectivity index (χ3n) is 1.78. The van der Waals surface area contributed by atoms with E-state index in [1.54, 1.807) is 7.11 Å². The highest BCUT2D eigenvalue weighted by Gasteiger charge is 1.84. The topological polar surface area (TPSA) is 47.6 Å². The number of nitrogens with one attached hydrogen (secondary N) is 1. The third kappa shape index (κ3) is 7.82. The van der Waals surface area contributed by atoms with Crippen molar-refractivity contribution in [3.05, 3.63) is 29.8 Å². The van der Waals surface area contributed by atoms with Crippen LogP contribution in [0.5, 0.6) is 0 Å². The molecular formula is C12H19NO3. The fraction of sp³-hybridized carbons (Fsp3) is 0.417. The van der Waals surface area contributed by atoms with Crippen molar-refractivity contribution in [1.29, 1.82) is 0 Å². The first-order chi connectivity index (χ1) is 7.74. The van der Waals surface area contributed by atoms with Crippen LogP contribution < -0.4 is 5.32 Å². The van der Waals surface area contributed by atoms with Gasteiger partial charge in [-0.15, -0.1) is 0 Å². The van der Waals surface area contributed by atoms with Crippen molar-refractivity contribution in [1.82, 2.24) is 0 Å². The predicted octanol–water partition coefficient (Wildman–Crippen LogP) is 1.84. The van der Waals surface area contributed by atoms with Gasteiger partial charge in [0.15, 0.2) is 0 Å². The summed E-state index contributed by atoms with van der Waals surface area (Å²) in [4.78, 5) is 9.40. The van der Waals surface area contributed by atoms with Crippen LogP contribution in [-0.4, -0.2) is 33.8 Å². The van der Waals surface area contributed by atoms with Gasteiger partial charge in [-0.05, 0) is 24.6 Å². The van der Waals surface area contributed by atoms with Gasteiger partial charge >= 0.3 is 0 Å². The van der Waals surface area contributed by atoms with Gasteiger partial charge in [0, 0.05) is 19.8 Å². The molecule has 1 N–H and O–H groups in total. The van der Waals surface area contributed by atoms with Gasteiger partial charge in [0.2, 0.25) is 0 Å². The molecule has 1 aromatic rings. The first-order valence-corrected chi connectivity index (χ1v) is 5.03. The van der Waals surface area contributed by atoms with Gasteiger partial charge in [-0.2, -0.15) is 0 Å². The summed E-state index contributed by atoms with van der Waals surface area (Å²) in [6.07, 6.45) is 0. The molecule has 0 heterocycles. The zero-order chi connectivity index (χ0) is 12.2. The first kappa shape index (κ1) is 14.5. The molecule has 16 heavy (non-hydrogen) atoms. The summed E-state index contributed by atoms with van der Waals surface area (Å²) in [5.74, 6) is 0. The maximum Gasteiger partial charge on any atom is 0.293 e. The van der Waals surface area contributed by atoms with Crippen LogP contribution in [0.4, 0.5) is 5.69 Å². The molecule has 0 saturated heterocycles. The van der Waals surface area contributed by atoms with Crippen molar-refractivity contribution in [2.24, 2.45) is 0 Å². The highest BCUT2D eigenvalue weighted by atomic mass is 16.5. The van der Waals surface area contributed by atoms with E-state index in [9.17, 15) is 4.79 Å². The maximum atomic E-state index is 9.40. The minimum Gasteiger partial charge on any atom is -0.465 e. The molecule has 90 valence electrons. The van der Waals surface area contributed by atoms with Gasteiger partial charge in [-0.25, -0.2) is 0 Å². The number of hydrogen-bond acceptors (Lipinski definition) is 4. The SMILES string of the molecule is CNc1cccc(C)c1.COCCOC=O. The Balaban J connectivity index is 0.000000293. The molecule has 4 heteroatoms. The molecule has 4 nitrogen and oxygen atoms in total. The van der Waals surface area contributed by atoms with Gasteiger partial charge in [0.25, 0.3) is 6.47 Å². The molecule has 0 aliphatic carbocycles. The number of ether oxygens (including phenoxy) is 2. The summed E-state index contributed by atoms with van der Waals surface area (Å²) in [5.41, 5.74) is 2.47. The van der Waals surface area contributed by atoms with Crippen molar-refractivity contribution in [2.45, 2.75) is 6.92 Å². The van der Waals surface area contributed by atoms with Gasteiger partial charge in [0.05, 0.1) is 6.61 Å². The van der Waals surface area contributed by atoms with Gasteiger partial charge in [-0.3, -0.25) is 4.79 Å². The summed E-state index contributed by atoms with van der Waals surface area (Å²) in [5, 5.41) is 3.07. The van der Waals surface area contributed by atoms with E-state index in [4.69, 9.17) is 0 Å². The Kier molecular flexibility index (Phi) is 9.02. The second-order valence-electron chi connectivity index (χ2n) is 3.08. The van der Waals surface area contributed by atoms with E-state index in [2.05, 4.69) is 33.8 Å². The molecular weight excluding hydrogens is 206 g/mol. The number of benzene rings is 1. The van der Waals surface area contributed by atoms with E-state index < -0.39 is 0 Å². The zero-order valence-electron chi connectivity index (χ0n) is 10.0. The molecule has 0 unspecified atom stereocenters. The molecule has 0 fully saturated rings. The Bertz CT molecular complexity index is 289. The number of anilines is 1. The van der Waals surface area contributed by atoms with Crippen molar-refractivity contribution >= 4 is 12.2 Å². The Morgan fingerprint density at radius 3 is 2.56 bits per heavy atom. The van der Waals surface area contributed by atoms with E-state index in [-0.39, 0.29) is 0 Å². The summed E-state index contributed by atoms with van der Waals surface area (Å²) in [6, 6.07) is 8.29. The number of rotatable bonds is 5. The Hall–Kier alpha value is -1.55. The van der Waals surface area contributed by atoms with Gasteiger partial charge < -0.3 is 14.8 Å². The van der Waals surface area contributed by atoms with Gasteiger partial charge in [-0.1, -0.05) is 12.1 Å². The average molecular weight is 225 g/mol. The van der Waals surface area contributed by atoms with Crippen molar-refractivity contribution < 1.29 is 14.3 Å². The quantitative estimate of drug-likeness (QED) is 0.613. The molecule has 0 amide bonds. The smallest absolute Gasteiger partial charge is 0.293 e. The van der Waals surface area contributed by atoms with E-state index in [1.165, 1.54) is 11.3 Å². The number of carbonyl (C=O) groups is 1. The number of hydrogen-bond donors (Lipinski definition) is 1. The third-order valence-corrected chi connectivity index (χ3v) is 1.78. The van der Waals surface area contributed by atoms with E-state index in [0.717, 1.165) is 0 Å². The summed E-state index contributed by atoms with van der Waals surface area (Å²) < 4.78 is 8.83. The van der Waals surface area contributed by atoms with Crippen LogP contribution >= 0.6 is 0 Å². The molecule has 0 atom stereocenters. The maximum absolute atomic E-state index is 9.40. The van der Waals surface area contributed by atoms with Crippen molar-refractivity contribution in [3.8, 4) is 0 Å². The summed E-state index contributed by atoms with van der Waals surface area (Å²) >= 11 is 0. The molecule has 0 bridgehead atoms. The molecule has 0 aromatic heterocycles. The molecule has 0 radical (unpaired) electrons. The largest absolute Gasteiger partial charge is 0.465 e. The molecule has 1 aromatic carbocycles. The number of aryl methyl sites for hydroxylation is 1. The molecule has 0 spiro atoms. The predicted molar refractivity (Wildman–Crippen MR) is 64.6 cm³/mol. The zero-order valence-corrected chi connectivity index (χ0v) is 10.0. The van der Waals surface area contributed by atoms with Crippen LogP contribution in [0.3, 0.4) is 0 Å². The second-order valence-corrected chi connectivity index (χ2v) is 3.08. The highest BCUT2D eigenvalue weighted by Crippen LogP contribution is 2.07. The molecule has 0 saturated carbocycles. The molecule has 0 aliphatic rings. The molecule has 0 aliphatic heterocycles. The highest BCUT2D eigenvalue weighted by molar-refractivity contribution is 5.44.